The highest BCUT2D eigenvalue weighted by Gasteiger charge is 2.42. The second kappa shape index (κ2) is 16.9. The highest BCUT2D eigenvalue weighted by molar-refractivity contribution is 5.89. The first-order valence-electron chi connectivity index (χ1n) is 20.4. The van der Waals surface area contributed by atoms with Gasteiger partial charge in [0.2, 0.25) is 11.8 Å². The van der Waals surface area contributed by atoms with Gasteiger partial charge in [-0.2, -0.15) is 0 Å². The Morgan fingerprint density at radius 1 is 0.650 bits per heavy atom. The van der Waals surface area contributed by atoms with Crippen molar-refractivity contribution >= 4 is 46.1 Å². The van der Waals surface area contributed by atoms with Crippen molar-refractivity contribution in [2.75, 3.05) is 14.2 Å². The number of carbonyl (C=O) groups excluding carboxylic acids is 4. The van der Waals surface area contributed by atoms with Crippen molar-refractivity contribution in [3.63, 3.8) is 0 Å². The first kappa shape index (κ1) is 42.1. The van der Waals surface area contributed by atoms with Crippen molar-refractivity contribution in [1.29, 1.82) is 0 Å². The predicted molar refractivity (Wildman–Crippen MR) is 221 cm³/mol. The summed E-state index contributed by atoms with van der Waals surface area (Å²) in [6.45, 7) is 11.3. The lowest BCUT2D eigenvalue weighted by atomic mass is 9.98. The lowest BCUT2D eigenvalue weighted by Crippen LogP contribution is -2.52. The van der Waals surface area contributed by atoms with Gasteiger partial charge in [0, 0.05) is 23.2 Å². The van der Waals surface area contributed by atoms with Crippen molar-refractivity contribution < 1.29 is 37.4 Å². The Balaban J connectivity index is 1.13. The predicted octanol–water partition coefficient (Wildman–Crippen LogP) is 7.92. The van der Waals surface area contributed by atoms with E-state index in [1.807, 2.05) is 41.5 Å². The average molecular weight is 827 g/mol. The molecule has 16 heteroatoms. The van der Waals surface area contributed by atoms with Gasteiger partial charge >= 0.3 is 12.2 Å². The summed E-state index contributed by atoms with van der Waals surface area (Å²) < 4.78 is 41.6. The smallest absolute Gasteiger partial charge is 0.407 e. The highest BCUT2D eigenvalue weighted by atomic mass is 19.1. The molecule has 5 aromatic rings. The molecule has 14 nitrogen and oxygen atoms in total. The zero-order valence-electron chi connectivity index (χ0n) is 35.1. The number of hydrogen-bond donors (Lipinski definition) is 4. The monoisotopic (exact) mass is 826 g/mol. The van der Waals surface area contributed by atoms with E-state index in [1.54, 1.807) is 46.2 Å². The SMILES string of the molecule is COC(=O)N[C@H](C(=O)N1[C@@H](C)CC[C@H]1c1nc2cc(-c3cc(F)c(-c4ccc5[nH]c([C@@H]6CC[C@H](C)N6C(=O)[C@@H](NC(=O)OC)C(C)C)nc5c4)cc3F)ccc2[nH]1)C(C)C. The fourth-order valence-corrected chi connectivity index (χ4v) is 8.66. The van der Waals surface area contributed by atoms with Crippen LogP contribution in [0, 0.1) is 23.5 Å². The van der Waals surface area contributed by atoms with Crippen molar-refractivity contribution in [3.8, 4) is 22.3 Å². The van der Waals surface area contributed by atoms with E-state index in [9.17, 15) is 19.2 Å². The molecule has 0 spiro atoms. The second-order valence-electron chi connectivity index (χ2n) is 16.6. The van der Waals surface area contributed by atoms with E-state index in [0.717, 1.165) is 12.8 Å². The van der Waals surface area contributed by atoms with Gasteiger partial charge in [-0.25, -0.2) is 28.3 Å². The molecule has 4 N–H and O–H groups in total. The molecule has 4 heterocycles. The number of amides is 4. The van der Waals surface area contributed by atoms with Gasteiger partial charge in [-0.1, -0.05) is 39.8 Å². The molecule has 0 unspecified atom stereocenters. The van der Waals surface area contributed by atoms with Crippen LogP contribution in [0.5, 0.6) is 0 Å². The summed E-state index contributed by atoms with van der Waals surface area (Å²) in [6.07, 6.45) is 1.42. The number of aromatic amines is 2. The molecule has 2 aliphatic heterocycles. The number of aromatic nitrogens is 4. The summed E-state index contributed by atoms with van der Waals surface area (Å²) in [4.78, 5) is 71.6. The molecule has 0 aliphatic carbocycles. The number of nitrogens with zero attached hydrogens (tertiary/aromatic N) is 4. The molecule has 4 amide bonds. The van der Waals surface area contributed by atoms with Crippen LogP contribution in [-0.2, 0) is 19.1 Å². The summed E-state index contributed by atoms with van der Waals surface area (Å²) in [5, 5.41) is 5.34. The van der Waals surface area contributed by atoms with Gasteiger partial charge in [-0.15, -0.1) is 0 Å². The average Bonchev–Trinajstić information content (AvgIpc) is 4.02. The summed E-state index contributed by atoms with van der Waals surface area (Å²) in [6, 6.07) is 10.1. The van der Waals surface area contributed by atoms with Crippen LogP contribution in [0.25, 0.3) is 44.3 Å². The Morgan fingerprint density at radius 3 is 1.38 bits per heavy atom. The first-order valence-corrected chi connectivity index (χ1v) is 20.4. The molecule has 2 saturated heterocycles. The number of imidazole rings is 2. The standard InChI is InChI=1S/C44H52F2N8O6/c1-21(2)37(51-43(57)59-7)41(55)53-23(5)9-15-35(53)39-47-31-13-11-25(17-33(31)49-39)27-19-30(46)28(20-29(27)45)26-12-14-32-34(18-26)50-40(48-32)36-16-10-24(6)54(36)42(56)38(22(3)4)52-44(58)60-8/h11-14,17-24,35-38H,9-10,15-16H2,1-8H3,(H,47,49)(H,48,50)(H,51,57)(H,52,58)/t23-,24-,35-,36-,37-,38-/m0/s1. The largest absolute Gasteiger partial charge is 0.453 e. The van der Waals surface area contributed by atoms with Crippen molar-refractivity contribution in [3.05, 3.63) is 71.8 Å². The number of methoxy groups -OCH3 is 2. The topological polar surface area (TPSA) is 175 Å². The minimum absolute atomic E-state index is 0.0623. The number of alkyl carbamates (subject to hydrolysis) is 2. The number of halogens is 2. The second-order valence-corrected chi connectivity index (χ2v) is 16.6. The molecule has 3 aromatic carbocycles. The summed E-state index contributed by atoms with van der Waals surface area (Å²) >= 11 is 0. The molecule has 0 radical (unpaired) electrons. The number of likely N-dealkylation sites (tertiary alicyclic amines) is 2. The zero-order valence-corrected chi connectivity index (χ0v) is 35.1. The molecule has 0 saturated carbocycles. The van der Waals surface area contributed by atoms with E-state index in [2.05, 4.69) is 20.6 Å². The van der Waals surface area contributed by atoms with Crippen molar-refractivity contribution in [2.24, 2.45) is 11.8 Å². The maximum atomic E-state index is 16.0. The van der Waals surface area contributed by atoms with Crippen LogP contribution in [0.2, 0.25) is 0 Å². The molecular weight excluding hydrogens is 775 g/mol. The third-order valence-electron chi connectivity index (χ3n) is 11.9. The number of benzene rings is 3. The highest BCUT2D eigenvalue weighted by Crippen LogP contribution is 2.40. The third-order valence-corrected chi connectivity index (χ3v) is 11.9. The maximum Gasteiger partial charge on any atom is 0.407 e. The Hall–Kier alpha value is -6.06. The summed E-state index contributed by atoms with van der Waals surface area (Å²) in [5.41, 5.74) is 3.39. The van der Waals surface area contributed by atoms with Crippen LogP contribution in [-0.4, -0.2) is 92.1 Å². The molecule has 7 rings (SSSR count). The fraction of sp³-hybridized carbons (Fsp3) is 0.455. The summed E-state index contributed by atoms with van der Waals surface area (Å²) in [5.74, 6) is -0.966. The Kier molecular flexibility index (Phi) is 11.8. The van der Waals surface area contributed by atoms with Crippen LogP contribution in [0.15, 0.2) is 48.5 Å². The van der Waals surface area contributed by atoms with E-state index in [1.165, 1.54) is 26.4 Å². The number of fused-ring (bicyclic) bond motifs is 2. The van der Waals surface area contributed by atoms with Gasteiger partial charge in [-0.05, 0) is 98.9 Å². The minimum Gasteiger partial charge on any atom is -0.453 e. The van der Waals surface area contributed by atoms with E-state index >= 15 is 8.78 Å². The first-order chi connectivity index (χ1) is 28.6. The molecule has 6 atom stereocenters. The zero-order chi connectivity index (χ0) is 43.2. The minimum atomic E-state index is -0.790. The lowest BCUT2D eigenvalue weighted by molar-refractivity contribution is -0.138. The molecule has 0 bridgehead atoms. The molecule has 60 heavy (non-hydrogen) atoms. The molecular formula is C44H52F2N8O6. The Bertz CT molecular complexity index is 2280. The van der Waals surface area contributed by atoms with Crippen LogP contribution >= 0.6 is 0 Å². The quantitative estimate of drug-likeness (QED) is 0.110. The van der Waals surface area contributed by atoms with Crippen molar-refractivity contribution in [2.45, 2.75) is 103 Å². The number of hydrogen-bond acceptors (Lipinski definition) is 8. The van der Waals surface area contributed by atoms with Gasteiger partial charge in [0.1, 0.15) is 35.4 Å². The van der Waals surface area contributed by atoms with E-state index in [-0.39, 0.29) is 58.9 Å². The molecule has 318 valence electrons. The van der Waals surface area contributed by atoms with Gasteiger partial charge < -0.3 is 39.9 Å². The fourth-order valence-electron chi connectivity index (χ4n) is 8.66. The van der Waals surface area contributed by atoms with Gasteiger partial charge in [0.05, 0.1) is 48.4 Å². The van der Waals surface area contributed by atoms with Gasteiger partial charge in [0.15, 0.2) is 0 Å². The number of nitrogens with one attached hydrogen (secondary N) is 4. The Labute approximate surface area is 346 Å². The third kappa shape index (κ3) is 7.98. The van der Waals surface area contributed by atoms with E-state index in [0.29, 0.717) is 57.7 Å². The van der Waals surface area contributed by atoms with Crippen LogP contribution in [0.1, 0.15) is 91.0 Å². The normalized spacial score (nSPS) is 20.3. The van der Waals surface area contributed by atoms with Gasteiger partial charge in [0.25, 0.3) is 0 Å². The van der Waals surface area contributed by atoms with Gasteiger partial charge in [-0.3, -0.25) is 9.59 Å². The number of H-pyrrole nitrogens is 2. The molecule has 2 aromatic heterocycles. The van der Waals surface area contributed by atoms with Crippen LogP contribution in [0.4, 0.5) is 18.4 Å². The molecule has 2 fully saturated rings. The van der Waals surface area contributed by atoms with E-state index < -0.39 is 35.9 Å². The molecule has 2 aliphatic rings. The number of carbonyl (C=O) groups is 4. The van der Waals surface area contributed by atoms with Crippen LogP contribution < -0.4 is 10.6 Å². The summed E-state index contributed by atoms with van der Waals surface area (Å²) in [7, 11) is 2.51. The van der Waals surface area contributed by atoms with Crippen molar-refractivity contribution in [1.82, 2.24) is 40.4 Å². The Morgan fingerprint density at radius 2 is 1.03 bits per heavy atom. The maximum absolute atomic E-state index is 16.0. The van der Waals surface area contributed by atoms with E-state index in [4.69, 9.17) is 19.4 Å². The lowest BCUT2D eigenvalue weighted by Gasteiger charge is -2.32. The van der Waals surface area contributed by atoms with Crippen LogP contribution in [0.3, 0.4) is 0 Å². The number of rotatable bonds is 10. The number of ether oxygens (including phenoxy) is 2.